The van der Waals surface area contributed by atoms with Gasteiger partial charge in [0.15, 0.2) is 11.6 Å². The molecule has 3 nitrogen and oxygen atoms in total. The zero-order valence-electron chi connectivity index (χ0n) is 8.28. The highest BCUT2D eigenvalue weighted by Gasteiger charge is 2.15. The second-order valence-corrected chi connectivity index (χ2v) is 3.37. The summed E-state index contributed by atoms with van der Waals surface area (Å²) in [5, 5.41) is 3.23. The van der Waals surface area contributed by atoms with Crippen molar-refractivity contribution in [1.82, 2.24) is 10.3 Å². The van der Waals surface area contributed by atoms with Gasteiger partial charge in [0.2, 0.25) is 0 Å². The minimum absolute atomic E-state index is 0. The lowest BCUT2D eigenvalue weighted by Crippen LogP contribution is -2.34. The van der Waals surface area contributed by atoms with E-state index in [2.05, 4.69) is 10.3 Å². The zero-order chi connectivity index (χ0) is 9.80. The summed E-state index contributed by atoms with van der Waals surface area (Å²) in [5.41, 5.74) is 0. The van der Waals surface area contributed by atoms with Crippen LogP contribution in [0.3, 0.4) is 0 Å². The highest BCUT2D eigenvalue weighted by molar-refractivity contribution is 5.85. The third-order valence-corrected chi connectivity index (χ3v) is 2.32. The molecule has 0 radical (unpaired) electrons. The van der Waals surface area contributed by atoms with Gasteiger partial charge in [-0.15, -0.1) is 12.4 Å². The number of pyridine rings is 1. The van der Waals surface area contributed by atoms with Crippen molar-refractivity contribution in [3.8, 4) is 5.75 Å². The molecule has 5 heteroatoms. The molecule has 2 rings (SSSR count). The number of aromatic nitrogens is 1. The quantitative estimate of drug-likeness (QED) is 0.844. The van der Waals surface area contributed by atoms with Crippen LogP contribution < -0.4 is 10.1 Å². The molecule has 0 amide bonds. The van der Waals surface area contributed by atoms with Gasteiger partial charge in [0.1, 0.15) is 6.10 Å². The molecule has 0 aromatic carbocycles. The number of nitrogens with zero attached hydrogens (tertiary/aromatic N) is 1. The molecule has 0 saturated carbocycles. The van der Waals surface area contributed by atoms with Crippen molar-refractivity contribution in [3.05, 3.63) is 24.3 Å². The van der Waals surface area contributed by atoms with Crippen LogP contribution in [0.1, 0.15) is 12.8 Å². The normalized spacial score (nSPS) is 16.9. The molecule has 1 N–H and O–H groups in total. The maximum atomic E-state index is 13.1. The van der Waals surface area contributed by atoms with Crippen LogP contribution in [-0.2, 0) is 0 Å². The van der Waals surface area contributed by atoms with Crippen LogP contribution in [0.15, 0.2) is 18.5 Å². The van der Waals surface area contributed by atoms with Crippen molar-refractivity contribution in [2.75, 3.05) is 13.1 Å². The summed E-state index contributed by atoms with van der Waals surface area (Å²) in [6, 6.07) is 1.57. The molecule has 1 fully saturated rings. The predicted molar refractivity (Wildman–Crippen MR) is 58.0 cm³/mol. The number of halogens is 2. The molecule has 0 aliphatic carbocycles. The Balaban J connectivity index is 0.00000112. The lowest BCUT2D eigenvalue weighted by atomic mass is 10.1. The average Bonchev–Trinajstić information content (AvgIpc) is 2.23. The number of hydrogen-bond donors (Lipinski definition) is 1. The Hall–Kier alpha value is -0.870. The summed E-state index contributed by atoms with van der Waals surface area (Å²) < 4.78 is 18.7. The van der Waals surface area contributed by atoms with Crippen molar-refractivity contribution in [1.29, 1.82) is 0 Å². The van der Waals surface area contributed by atoms with Gasteiger partial charge in [-0.1, -0.05) is 0 Å². The largest absolute Gasteiger partial charge is 0.487 e. The molecule has 15 heavy (non-hydrogen) atoms. The van der Waals surface area contributed by atoms with Crippen LogP contribution in [0.5, 0.6) is 5.75 Å². The Morgan fingerprint density at radius 1 is 1.40 bits per heavy atom. The van der Waals surface area contributed by atoms with E-state index >= 15 is 0 Å². The fourth-order valence-electron chi connectivity index (χ4n) is 1.55. The van der Waals surface area contributed by atoms with E-state index in [1.807, 2.05) is 0 Å². The molecule has 1 aliphatic heterocycles. The minimum Gasteiger partial charge on any atom is -0.487 e. The molecule has 1 saturated heterocycles. The van der Waals surface area contributed by atoms with E-state index in [0.717, 1.165) is 25.9 Å². The fourth-order valence-corrected chi connectivity index (χ4v) is 1.55. The molecule has 84 valence electrons. The lowest BCUT2D eigenvalue weighted by molar-refractivity contribution is 0.155. The monoisotopic (exact) mass is 232 g/mol. The first kappa shape index (κ1) is 12.2. The van der Waals surface area contributed by atoms with E-state index in [-0.39, 0.29) is 24.3 Å². The second-order valence-electron chi connectivity index (χ2n) is 3.37. The minimum atomic E-state index is -0.383. The predicted octanol–water partition coefficient (Wildman–Crippen LogP) is 1.77. The third kappa shape index (κ3) is 3.32. The molecule has 2 heterocycles. The van der Waals surface area contributed by atoms with Crippen molar-refractivity contribution < 1.29 is 9.13 Å². The van der Waals surface area contributed by atoms with Crippen molar-refractivity contribution >= 4 is 12.4 Å². The molecule has 0 atom stereocenters. The Kier molecular flexibility index (Phi) is 4.78. The van der Waals surface area contributed by atoms with E-state index < -0.39 is 0 Å². The zero-order valence-corrected chi connectivity index (χ0v) is 9.10. The number of rotatable bonds is 2. The number of nitrogens with one attached hydrogen (secondary N) is 1. The third-order valence-electron chi connectivity index (χ3n) is 2.32. The highest BCUT2D eigenvalue weighted by atomic mass is 35.5. The molecule has 1 aromatic rings. The van der Waals surface area contributed by atoms with Crippen molar-refractivity contribution in [3.63, 3.8) is 0 Å². The summed E-state index contributed by atoms with van der Waals surface area (Å²) in [7, 11) is 0. The standard InChI is InChI=1S/C10H13FN2O.ClH/c11-9-7-13-6-3-10(9)14-8-1-4-12-5-2-8;/h3,6-8,12H,1-2,4-5H2;1H. The van der Waals surface area contributed by atoms with Crippen LogP contribution >= 0.6 is 12.4 Å². The maximum absolute atomic E-state index is 13.1. The van der Waals surface area contributed by atoms with Crippen molar-refractivity contribution in [2.24, 2.45) is 0 Å². The van der Waals surface area contributed by atoms with Gasteiger partial charge in [-0.25, -0.2) is 4.39 Å². The first-order valence-electron chi connectivity index (χ1n) is 4.83. The first-order chi connectivity index (χ1) is 6.86. The van der Waals surface area contributed by atoms with Gasteiger partial charge in [-0.2, -0.15) is 0 Å². The van der Waals surface area contributed by atoms with Gasteiger partial charge in [-0.3, -0.25) is 4.98 Å². The molecule has 0 spiro atoms. The lowest BCUT2D eigenvalue weighted by Gasteiger charge is -2.23. The van der Waals surface area contributed by atoms with E-state index in [4.69, 9.17) is 4.74 Å². The Morgan fingerprint density at radius 2 is 2.13 bits per heavy atom. The summed E-state index contributed by atoms with van der Waals surface area (Å²) in [4.78, 5) is 3.67. The van der Waals surface area contributed by atoms with Crippen LogP contribution in [-0.4, -0.2) is 24.2 Å². The molecule has 0 unspecified atom stereocenters. The fraction of sp³-hybridized carbons (Fsp3) is 0.500. The number of ether oxygens (including phenoxy) is 1. The molecule has 1 aliphatic rings. The maximum Gasteiger partial charge on any atom is 0.183 e. The summed E-state index contributed by atoms with van der Waals surface area (Å²) >= 11 is 0. The molecular weight excluding hydrogens is 219 g/mol. The molecule has 1 aromatic heterocycles. The van der Waals surface area contributed by atoms with E-state index in [0.29, 0.717) is 5.75 Å². The van der Waals surface area contributed by atoms with Gasteiger partial charge >= 0.3 is 0 Å². The number of piperidine rings is 1. The van der Waals surface area contributed by atoms with Crippen molar-refractivity contribution in [2.45, 2.75) is 18.9 Å². The van der Waals surface area contributed by atoms with Crippen LogP contribution in [0, 0.1) is 5.82 Å². The summed E-state index contributed by atoms with van der Waals surface area (Å²) in [5.74, 6) is -0.0714. The summed E-state index contributed by atoms with van der Waals surface area (Å²) in [6.07, 6.45) is 4.72. The van der Waals surface area contributed by atoms with Gasteiger partial charge < -0.3 is 10.1 Å². The number of hydrogen-bond acceptors (Lipinski definition) is 3. The summed E-state index contributed by atoms with van der Waals surface area (Å²) in [6.45, 7) is 1.88. The Labute approximate surface area is 94.5 Å². The topological polar surface area (TPSA) is 34.1 Å². The van der Waals surface area contributed by atoms with Gasteiger partial charge in [0, 0.05) is 12.3 Å². The Bertz CT molecular complexity index is 305. The van der Waals surface area contributed by atoms with E-state index in [1.54, 1.807) is 12.3 Å². The van der Waals surface area contributed by atoms with Crippen LogP contribution in [0.4, 0.5) is 4.39 Å². The molecule has 0 bridgehead atoms. The van der Waals surface area contributed by atoms with E-state index in [1.165, 1.54) is 6.20 Å². The first-order valence-corrected chi connectivity index (χ1v) is 4.83. The van der Waals surface area contributed by atoms with E-state index in [9.17, 15) is 4.39 Å². The van der Waals surface area contributed by atoms with Gasteiger partial charge in [0.05, 0.1) is 6.20 Å². The highest BCUT2D eigenvalue weighted by Crippen LogP contribution is 2.18. The average molecular weight is 233 g/mol. The van der Waals surface area contributed by atoms with Crippen LogP contribution in [0.25, 0.3) is 0 Å². The Morgan fingerprint density at radius 3 is 2.80 bits per heavy atom. The SMILES string of the molecule is Cl.Fc1cnccc1OC1CCNCC1. The van der Waals surface area contributed by atoms with Gasteiger partial charge in [-0.05, 0) is 25.9 Å². The molecular formula is C10H14ClFN2O. The van der Waals surface area contributed by atoms with Gasteiger partial charge in [0.25, 0.3) is 0 Å². The van der Waals surface area contributed by atoms with Crippen LogP contribution in [0.2, 0.25) is 0 Å². The second kappa shape index (κ2) is 5.88. The smallest absolute Gasteiger partial charge is 0.183 e.